The summed E-state index contributed by atoms with van der Waals surface area (Å²) in [7, 11) is 1.68. The molecular weight excluding hydrogens is 511 g/mol. The summed E-state index contributed by atoms with van der Waals surface area (Å²) in [6.07, 6.45) is 0.912. The zero-order valence-electron chi connectivity index (χ0n) is 18.9. The van der Waals surface area contributed by atoms with Crippen molar-refractivity contribution in [2.45, 2.75) is 19.9 Å². The molecule has 0 spiro atoms. The summed E-state index contributed by atoms with van der Waals surface area (Å²) >= 11 is 0. The van der Waals surface area contributed by atoms with Crippen molar-refractivity contribution in [1.29, 1.82) is 0 Å². The number of aliphatic imine (C=N–C) groups is 1. The predicted octanol–water partition coefficient (Wildman–Crippen LogP) is 2.12. The third kappa shape index (κ3) is 12.5. The number of nitrogens with zero attached hydrogens (tertiary/aromatic N) is 2. The molecule has 8 nitrogen and oxygen atoms in total. The Morgan fingerprint density at radius 3 is 2.68 bits per heavy atom. The molecule has 0 atom stereocenters. The highest BCUT2D eigenvalue weighted by molar-refractivity contribution is 14.0. The monoisotopic (exact) mass is 550 g/mol. The Kier molecular flexibility index (Phi) is 16.6. The van der Waals surface area contributed by atoms with E-state index in [0.29, 0.717) is 33.0 Å². The van der Waals surface area contributed by atoms with E-state index in [4.69, 9.17) is 23.9 Å². The van der Waals surface area contributed by atoms with Crippen LogP contribution in [0.25, 0.3) is 0 Å². The van der Waals surface area contributed by atoms with Gasteiger partial charge in [-0.2, -0.15) is 0 Å². The van der Waals surface area contributed by atoms with E-state index in [1.807, 2.05) is 18.2 Å². The van der Waals surface area contributed by atoms with E-state index in [0.717, 1.165) is 69.6 Å². The minimum atomic E-state index is 0. The van der Waals surface area contributed by atoms with Gasteiger partial charge in [0, 0.05) is 52.0 Å². The fraction of sp³-hybridized carbons (Fsp3) is 0.682. The van der Waals surface area contributed by atoms with Crippen molar-refractivity contribution in [2.24, 2.45) is 4.99 Å². The third-order valence-corrected chi connectivity index (χ3v) is 4.68. The van der Waals surface area contributed by atoms with Gasteiger partial charge < -0.3 is 29.6 Å². The van der Waals surface area contributed by atoms with Crippen LogP contribution >= 0.6 is 24.0 Å². The maximum atomic E-state index is 6.06. The molecule has 31 heavy (non-hydrogen) atoms. The molecule has 0 aliphatic carbocycles. The fourth-order valence-corrected chi connectivity index (χ4v) is 3.02. The first kappa shape index (κ1) is 27.9. The SMILES string of the molecule is CCNC(=NCc1ccccc1OCCN1CCOCC1)NCCCOCCOC.I. The van der Waals surface area contributed by atoms with Crippen molar-refractivity contribution in [2.75, 3.05) is 79.5 Å². The molecule has 9 heteroatoms. The quantitative estimate of drug-likeness (QED) is 0.159. The lowest BCUT2D eigenvalue weighted by atomic mass is 10.2. The molecular formula is C22H39IN4O4. The number of hydrogen-bond donors (Lipinski definition) is 2. The van der Waals surface area contributed by atoms with Crippen molar-refractivity contribution in [3.8, 4) is 5.75 Å². The number of para-hydroxylation sites is 1. The van der Waals surface area contributed by atoms with Gasteiger partial charge in [0.25, 0.3) is 0 Å². The van der Waals surface area contributed by atoms with E-state index in [1.54, 1.807) is 7.11 Å². The molecule has 1 aromatic rings. The third-order valence-electron chi connectivity index (χ3n) is 4.68. The summed E-state index contributed by atoms with van der Waals surface area (Å²) in [5.41, 5.74) is 1.08. The van der Waals surface area contributed by atoms with Crippen molar-refractivity contribution in [3.63, 3.8) is 0 Å². The first-order valence-corrected chi connectivity index (χ1v) is 10.9. The molecule has 178 valence electrons. The van der Waals surface area contributed by atoms with E-state index in [-0.39, 0.29) is 24.0 Å². The number of halogens is 1. The Hall–Kier alpha value is -1.14. The minimum Gasteiger partial charge on any atom is -0.492 e. The molecule has 1 aromatic carbocycles. The van der Waals surface area contributed by atoms with E-state index in [9.17, 15) is 0 Å². The standard InChI is InChI=1S/C22H38N4O4.HI/c1-3-23-22(24-9-6-13-28-18-17-27-2)25-19-20-7-4-5-8-21(20)30-16-12-26-10-14-29-15-11-26;/h4-5,7-8H,3,6,9-19H2,1-2H3,(H2,23,24,25);1H. The van der Waals surface area contributed by atoms with E-state index in [1.165, 1.54) is 0 Å². The van der Waals surface area contributed by atoms with Crippen LogP contribution in [0.4, 0.5) is 0 Å². The van der Waals surface area contributed by atoms with Crippen LogP contribution in [0, 0.1) is 0 Å². The molecule has 1 aliphatic rings. The van der Waals surface area contributed by atoms with Gasteiger partial charge in [0.05, 0.1) is 33.0 Å². The highest BCUT2D eigenvalue weighted by atomic mass is 127. The first-order valence-electron chi connectivity index (χ1n) is 10.9. The number of nitrogens with one attached hydrogen (secondary N) is 2. The lowest BCUT2D eigenvalue weighted by Gasteiger charge is -2.26. The summed E-state index contributed by atoms with van der Waals surface area (Å²) in [5, 5.41) is 6.64. The average Bonchev–Trinajstić information content (AvgIpc) is 2.78. The summed E-state index contributed by atoms with van der Waals surface area (Å²) in [6, 6.07) is 8.12. The summed E-state index contributed by atoms with van der Waals surface area (Å²) < 4.78 is 21.9. The first-order chi connectivity index (χ1) is 14.8. The van der Waals surface area contributed by atoms with E-state index in [2.05, 4.69) is 28.5 Å². The lowest BCUT2D eigenvalue weighted by molar-refractivity contribution is 0.0322. The molecule has 0 unspecified atom stereocenters. The number of morpholine rings is 1. The second kappa shape index (κ2) is 18.4. The van der Waals surface area contributed by atoms with Crippen molar-refractivity contribution in [3.05, 3.63) is 29.8 Å². The van der Waals surface area contributed by atoms with Gasteiger partial charge in [-0.3, -0.25) is 4.90 Å². The summed E-state index contributed by atoms with van der Waals surface area (Å²) in [5.74, 6) is 1.70. The molecule has 1 fully saturated rings. The van der Waals surface area contributed by atoms with Crippen molar-refractivity contribution < 1.29 is 18.9 Å². The Balaban J connectivity index is 0.00000480. The van der Waals surface area contributed by atoms with Crippen LogP contribution in [0.3, 0.4) is 0 Å². The van der Waals surface area contributed by atoms with Crippen LogP contribution in [0.1, 0.15) is 18.9 Å². The minimum absolute atomic E-state index is 0. The van der Waals surface area contributed by atoms with Crippen LogP contribution in [0.2, 0.25) is 0 Å². The van der Waals surface area contributed by atoms with Gasteiger partial charge in [-0.15, -0.1) is 24.0 Å². The number of hydrogen-bond acceptors (Lipinski definition) is 6. The Morgan fingerprint density at radius 2 is 1.90 bits per heavy atom. The van der Waals surface area contributed by atoms with Gasteiger partial charge in [0.15, 0.2) is 5.96 Å². The van der Waals surface area contributed by atoms with Crippen molar-refractivity contribution >= 4 is 29.9 Å². The number of benzene rings is 1. The van der Waals surface area contributed by atoms with Crippen molar-refractivity contribution in [1.82, 2.24) is 15.5 Å². The largest absolute Gasteiger partial charge is 0.492 e. The topological polar surface area (TPSA) is 76.6 Å². The smallest absolute Gasteiger partial charge is 0.191 e. The zero-order valence-corrected chi connectivity index (χ0v) is 21.3. The summed E-state index contributed by atoms with van der Waals surface area (Å²) in [4.78, 5) is 7.09. The number of ether oxygens (including phenoxy) is 4. The second-order valence-corrected chi connectivity index (χ2v) is 6.99. The fourth-order valence-electron chi connectivity index (χ4n) is 3.02. The molecule has 0 aromatic heterocycles. The van der Waals surface area contributed by atoms with Gasteiger partial charge in [-0.05, 0) is 19.4 Å². The summed E-state index contributed by atoms with van der Waals surface area (Å²) in [6.45, 7) is 11.4. The zero-order chi connectivity index (χ0) is 21.3. The lowest BCUT2D eigenvalue weighted by Crippen LogP contribution is -2.38. The van der Waals surface area contributed by atoms with Gasteiger partial charge in [0.2, 0.25) is 0 Å². The molecule has 0 amide bonds. The van der Waals surface area contributed by atoms with E-state index < -0.39 is 0 Å². The predicted molar refractivity (Wildman–Crippen MR) is 135 cm³/mol. The highest BCUT2D eigenvalue weighted by Crippen LogP contribution is 2.19. The number of guanidine groups is 1. The van der Waals surface area contributed by atoms with Crippen LogP contribution < -0.4 is 15.4 Å². The molecule has 2 N–H and O–H groups in total. The van der Waals surface area contributed by atoms with E-state index >= 15 is 0 Å². The molecule has 0 saturated carbocycles. The molecule has 1 saturated heterocycles. The molecule has 2 rings (SSSR count). The molecule has 0 bridgehead atoms. The maximum absolute atomic E-state index is 6.06. The number of rotatable bonds is 14. The Morgan fingerprint density at radius 1 is 1.10 bits per heavy atom. The second-order valence-electron chi connectivity index (χ2n) is 6.99. The van der Waals surface area contributed by atoms with Crippen LogP contribution in [-0.4, -0.2) is 90.3 Å². The van der Waals surface area contributed by atoms with Gasteiger partial charge in [-0.25, -0.2) is 4.99 Å². The Labute approximate surface area is 204 Å². The van der Waals surface area contributed by atoms with Crippen LogP contribution in [0.15, 0.2) is 29.3 Å². The normalized spacial score (nSPS) is 14.7. The maximum Gasteiger partial charge on any atom is 0.191 e. The number of methoxy groups -OCH3 is 1. The Bertz CT molecular complexity index is 601. The average molecular weight is 550 g/mol. The molecule has 1 heterocycles. The van der Waals surface area contributed by atoms with Gasteiger partial charge in [-0.1, -0.05) is 18.2 Å². The van der Waals surface area contributed by atoms with Gasteiger partial charge >= 0.3 is 0 Å². The highest BCUT2D eigenvalue weighted by Gasteiger charge is 2.10. The molecule has 0 radical (unpaired) electrons. The molecule has 1 aliphatic heterocycles. The van der Waals surface area contributed by atoms with Crippen LogP contribution in [-0.2, 0) is 20.8 Å². The van der Waals surface area contributed by atoms with Crippen LogP contribution in [0.5, 0.6) is 5.75 Å². The van der Waals surface area contributed by atoms with Gasteiger partial charge in [0.1, 0.15) is 12.4 Å².